The average Bonchev–Trinajstić information content (AvgIpc) is 2.72. The number of morpholine rings is 1. The lowest BCUT2D eigenvalue weighted by Gasteiger charge is -2.26. The number of amides is 1. The number of esters is 1. The minimum atomic E-state index is -1.01. The highest BCUT2D eigenvalue weighted by atomic mass is 19.1. The third-order valence-electron chi connectivity index (χ3n) is 4.79. The maximum atomic E-state index is 13.6. The quantitative estimate of drug-likeness (QED) is 0.755. The fourth-order valence-electron chi connectivity index (χ4n) is 2.96. The molecular weight excluding hydrogens is 375 g/mol. The van der Waals surface area contributed by atoms with Gasteiger partial charge in [-0.05, 0) is 49.2 Å². The van der Waals surface area contributed by atoms with Crippen LogP contribution in [0.3, 0.4) is 0 Å². The number of hydrogen-bond acceptors (Lipinski definition) is 5. The molecule has 7 heteroatoms. The molecule has 1 N–H and O–H groups in total. The molecule has 1 aliphatic rings. The Bertz CT molecular complexity index is 864. The SMILES string of the molecule is Cc1ccc(NC(=O)[C@@H](C)OC(=O)c2ccc(CN3CCOCC3)cc2)cc1F. The van der Waals surface area contributed by atoms with E-state index in [4.69, 9.17) is 9.47 Å². The first-order chi connectivity index (χ1) is 13.9. The Balaban J connectivity index is 1.52. The Hall–Kier alpha value is -2.77. The summed E-state index contributed by atoms with van der Waals surface area (Å²) in [5.74, 6) is -1.52. The summed E-state index contributed by atoms with van der Waals surface area (Å²) in [6, 6.07) is 11.5. The molecule has 0 bridgehead atoms. The maximum absolute atomic E-state index is 13.6. The van der Waals surface area contributed by atoms with Crippen molar-refractivity contribution in [1.82, 2.24) is 4.90 Å². The highest BCUT2D eigenvalue weighted by Gasteiger charge is 2.19. The Labute approximate surface area is 169 Å². The molecule has 1 amide bonds. The zero-order chi connectivity index (χ0) is 20.8. The molecule has 0 aromatic heterocycles. The van der Waals surface area contributed by atoms with Crippen LogP contribution in [0.25, 0.3) is 0 Å². The van der Waals surface area contributed by atoms with Crippen molar-refractivity contribution < 1.29 is 23.5 Å². The van der Waals surface area contributed by atoms with E-state index in [1.165, 1.54) is 13.0 Å². The topological polar surface area (TPSA) is 67.9 Å². The number of halogens is 1. The van der Waals surface area contributed by atoms with Gasteiger partial charge in [-0.25, -0.2) is 9.18 Å². The third kappa shape index (κ3) is 5.85. The monoisotopic (exact) mass is 400 g/mol. The van der Waals surface area contributed by atoms with E-state index >= 15 is 0 Å². The predicted molar refractivity (Wildman–Crippen MR) is 107 cm³/mol. The Morgan fingerprint density at radius 2 is 1.86 bits per heavy atom. The van der Waals surface area contributed by atoms with Crippen molar-refractivity contribution in [3.63, 3.8) is 0 Å². The summed E-state index contributed by atoms with van der Waals surface area (Å²) in [5, 5.41) is 2.55. The van der Waals surface area contributed by atoms with E-state index in [1.807, 2.05) is 12.1 Å². The summed E-state index contributed by atoms with van der Waals surface area (Å²) in [6.07, 6.45) is -1.01. The van der Waals surface area contributed by atoms with Crippen LogP contribution in [-0.2, 0) is 20.8 Å². The van der Waals surface area contributed by atoms with Crippen molar-refractivity contribution in [2.24, 2.45) is 0 Å². The van der Waals surface area contributed by atoms with E-state index in [-0.39, 0.29) is 0 Å². The van der Waals surface area contributed by atoms with Crippen molar-refractivity contribution >= 4 is 17.6 Å². The molecule has 0 radical (unpaired) electrons. The van der Waals surface area contributed by atoms with Gasteiger partial charge in [-0.3, -0.25) is 9.69 Å². The number of hydrogen-bond donors (Lipinski definition) is 1. The number of aryl methyl sites for hydroxylation is 1. The zero-order valence-electron chi connectivity index (χ0n) is 16.6. The van der Waals surface area contributed by atoms with Crippen molar-refractivity contribution in [1.29, 1.82) is 0 Å². The van der Waals surface area contributed by atoms with Crippen molar-refractivity contribution in [3.8, 4) is 0 Å². The van der Waals surface area contributed by atoms with E-state index in [9.17, 15) is 14.0 Å². The Morgan fingerprint density at radius 1 is 1.17 bits per heavy atom. The van der Waals surface area contributed by atoms with Gasteiger partial charge in [-0.15, -0.1) is 0 Å². The van der Waals surface area contributed by atoms with E-state index in [2.05, 4.69) is 10.2 Å². The van der Waals surface area contributed by atoms with Gasteiger partial charge >= 0.3 is 5.97 Å². The second-order valence-electron chi connectivity index (χ2n) is 7.09. The number of nitrogens with zero attached hydrogens (tertiary/aromatic N) is 1. The van der Waals surface area contributed by atoms with Gasteiger partial charge in [0.1, 0.15) is 5.82 Å². The first-order valence-electron chi connectivity index (χ1n) is 9.59. The van der Waals surface area contributed by atoms with Gasteiger partial charge in [0.15, 0.2) is 6.10 Å². The molecule has 1 saturated heterocycles. The number of nitrogens with one attached hydrogen (secondary N) is 1. The molecule has 2 aromatic rings. The number of ether oxygens (including phenoxy) is 2. The molecule has 0 saturated carbocycles. The number of carbonyl (C=O) groups is 2. The average molecular weight is 400 g/mol. The Kier molecular flexibility index (Phi) is 6.95. The van der Waals surface area contributed by atoms with Crippen LogP contribution in [-0.4, -0.2) is 49.2 Å². The van der Waals surface area contributed by atoms with E-state index in [0.29, 0.717) is 16.8 Å². The molecule has 3 rings (SSSR count). The second kappa shape index (κ2) is 9.62. The molecule has 0 unspecified atom stereocenters. The fraction of sp³-hybridized carbons (Fsp3) is 0.364. The highest BCUT2D eigenvalue weighted by Crippen LogP contribution is 2.15. The van der Waals surface area contributed by atoms with Crippen LogP contribution < -0.4 is 5.32 Å². The molecule has 0 spiro atoms. The maximum Gasteiger partial charge on any atom is 0.338 e. The van der Waals surface area contributed by atoms with Crippen LogP contribution in [0.4, 0.5) is 10.1 Å². The largest absolute Gasteiger partial charge is 0.449 e. The lowest BCUT2D eigenvalue weighted by molar-refractivity contribution is -0.123. The summed E-state index contributed by atoms with van der Waals surface area (Å²) < 4.78 is 24.2. The molecule has 29 heavy (non-hydrogen) atoms. The Morgan fingerprint density at radius 3 is 2.52 bits per heavy atom. The standard InChI is InChI=1S/C22H25FN2O4/c1-15-3-8-19(13-20(15)23)24-21(26)16(2)29-22(27)18-6-4-17(5-7-18)14-25-9-11-28-12-10-25/h3-8,13,16H,9-12,14H2,1-2H3,(H,24,26)/t16-/m1/s1. The lowest BCUT2D eigenvalue weighted by Crippen LogP contribution is -2.35. The first kappa shape index (κ1) is 21.0. The number of carbonyl (C=O) groups excluding carboxylic acids is 2. The second-order valence-corrected chi connectivity index (χ2v) is 7.09. The lowest BCUT2D eigenvalue weighted by atomic mass is 10.1. The molecule has 2 aromatic carbocycles. The number of anilines is 1. The van der Waals surface area contributed by atoms with Crippen LogP contribution in [0.2, 0.25) is 0 Å². The summed E-state index contributed by atoms with van der Waals surface area (Å²) >= 11 is 0. The first-order valence-corrected chi connectivity index (χ1v) is 9.59. The van der Waals surface area contributed by atoms with Gasteiger partial charge in [0.2, 0.25) is 0 Å². The fourth-order valence-corrected chi connectivity index (χ4v) is 2.96. The molecule has 154 valence electrons. The number of benzene rings is 2. The van der Waals surface area contributed by atoms with Crippen LogP contribution >= 0.6 is 0 Å². The zero-order valence-corrected chi connectivity index (χ0v) is 16.6. The molecule has 1 heterocycles. The van der Waals surface area contributed by atoms with Crippen LogP contribution in [0.15, 0.2) is 42.5 Å². The van der Waals surface area contributed by atoms with E-state index in [1.54, 1.807) is 31.2 Å². The van der Waals surface area contributed by atoms with Gasteiger partial charge in [0.05, 0.1) is 18.8 Å². The third-order valence-corrected chi connectivity index (χ3v) is 4.79. The number of rotatable bonds is 6. The molecule has 1 aliphatic heterocycles. The summed E-state index contributed by atoms with van der Waals surface area (Å²) in [7, 11) is 0. The molecule has 1 fully saturated rings. The van der Waals surface area contributed by atoms with E-state index < -0.39 is 23.8 Å². The van der Waals surface area contributed by atoms with Crippen LogP contribution in [0.5, 0.6) is 0 Å². The van der Waals surface area contributed by atoms with Gasteiger partial charge in [0, 0.05) is 25.3 Å². The van der Waals surface area contributed by atoms with Crippen molar-refractivity contribution in [2.75, 3.05) is 31.6 Å². The molecule has 1 atom stereocenters. The smallest absolute Gasteiger partial charge is 0.338 e. The molecule has 6 nitrogen and oxygen atoms in total. The normalized spacial score (nSPS) is 15.6. The molecular formula is C22H25FN2O4. The summed E-state index contributed by atoms with van der Waals surface area (Å²) in [5.41, 5.74) is 2.26. The minimum absolute atomic E-state index is 0.313. The van der Waals surface area contributed by atoms with Gasteiger partial charge in [-0.2, -0.15) is 0 Å². The van der Waals surface area contributed by atoms with Gasteiger partial charge in [0.25, 0.3) is 5.91 Å². The van der Waals surface area contributed by atoms with Crippen molar-refractivity contribution in [3.05, 3.63) is 65.0 Å². The summed E-state index contributed by atoms with van der Waals surface area (Å²) in [4.78, 5) is 26.8. The van der Waals surface area contributed by atoms with Crippen LogP contribution in [0, 0.1) is 12.7 Å². The summed E-state index contributed by atoms with van der Waals surface area (Å²) in [6.45, 7) is 7.16. The van der Waals surface area contributed by atoms with E-state index in [0.717, 1.165) is 38.4 Å². The van der Waals surface area contributed by atoms with Gasteiger partial charge < -0.3 is 14.8 Å². The van der Waals surface area contributed by atoms with Crippen molar-refractivity contribution in [2.45, 2.75) is 26.5 Å². The molecule has 0 aliphatic carbocycles. The predicted octanol–water partition coefficient (Wildman–Crippen LogP) is 3.15. The minimum Gasteiger partial charge on any atom is -0.449 e. The highest BCUT2D eigenvalue weighted by molar-refractivity contribution is 5.97. The van der Waals surface area contributed by atoms with Crippen LogP contribution in [0.1, 0.15) is 28.4 Å². The van der Waals surface area contributed by atoms with Gasteiger partial charge in [-0.1, -0.05) is 18.2 Å².